The first-order chi connectivity index (χ1) is 7.30. The van der Waals surface area contributed by atoms with Gasteiger partial charge in [0.05, 0.1) is 18.8 Å². The van der Waals surface area contributed by atoms with Crippen LogP contribution in [0.25, 0.3) is 0 Å². The van der Waals surface area contributed by atoms with Crippen molar-refractivity contribution >= 4 is 0 Å². The molecule has 0 bridgehead atoms. The van der Waals surface area contributed by atoms with Gasteiger partial charge in [-0.1, -0.05) is 0 Å². The molecule has 16 heavy (non-hydrogen) atoms. The lowest BCUT2D eigenvalue weighted by Crippen LogP contribution is -2.35. The van der Waals surface area contributed by atoms with Gasteiger partial charge in [0, 0.05) is 6.07 Å². The normalized spacial score (nSPS) is 16.6. The average Bonchev–Trinajstić information content (AvgIpc) is 2.21. The van der Waals surface area contributed by atoms with Crippen molar-refractivity contribution in [3.8, 4) is 5.75 Å². The lowest BCUT2D eigenvalue weighted by molar-refractivity contribution is -0.0728. The number of hydrogen-bond acceptors (Lipinski definition) is 5. The highest BCUT2D eigenvalue weighted by Gasteiger charge is 2.33. The Hall–Kier alpha value is -1.33. The number of methoxy groups -OCH3 is 1. The van der Waals surface area contributed by atoms with Crippen LogP contribution in [0.2, 0.25) is 0 Å². The van der Waals surface area contributed by atoms with E-state index in [1.165, 1.54) is 27.0 Å². The fourth-order valence-electron chi connectivity index (χ4n) is 1.20. The summed E-state index contributed by atoms with van der Waals surface area (Å²) < 4.78 is 9.92. The smallest absolute Gasteiger partial charge is 0.342 e. The van der Waals surface area contributed by atoms with Crippen molar-refractivity contribution in [3.63, 3.8) is 0 Å². The number of aliphatic hydroxyl groups excluding tert-OH is 1. The molecule has 90 valence electrons. The van der Waals surface area contributed by atoms with Gasteiger partial charge in [-0.2, -0.15) is 0 Å². The fraction of sp³-hybridized carbons (Fsp3) is 0.545. The van der Waals surface area contributed by atoms with Crippen LogP contribution in [-0.4, -0.2) is 23.4 Å². The molecule has 2 N–H and O–H groups in total. The van der Waals surface area contributed by atoms with E-state index in [2.05, 4.69) is 0 Å². The molecule has 0 aliphatic rings. The Kier molecular flexibility index (Phi) is 3.40. The average molecular weight is 228 g/mol. The van der Waals surface area contributed by atoms with Crippen molar-refractivity contribution in [2.75, 3.05) is 7.11 Å². The molecule has 0 saturated carbocycles. The van der Waals surface area contributed by atoms with E-state index in [1.54, 1.807) is 6.92 Å². The lowest BCUT2D eigenvalue weighted by atomic mass is 9.96. The Balaban J connectivity index is 3.37. The minimum atomic E-state index is -1.62. The third-order valence-corrected chi connectivity index (χ3v) is 2.67. The van der Waals surface area contributed by atoms with E-state index in [-0.39, 0.29) is 5.76 Å². The Bertz CT molecular complexity index is 430. The molecule has 0 amide bonds. The van der Waals surface area contributed by atoms with Crippen LogP contribution in [0.15, 0.2) is 15.3 Å². The number of rotatable bonds is 3. The molecule has 1 aromatic rings. The van der Waals surface area contributed by atoms with Gasteiger partial charge in [0.1, 0.15) is 17.1 Å². The third-order valence-electron chi connectivity index (χ3n) is 2.67. The molecule has 0 fully saturated rings. The summed E-state index contributed by atoms with van der Waals surface area (Å²) >= 11 is 0. The summed E-state index contributed by atoms with van der Waals surface area (Å²) in [6, 6.07) is 1.41. The van der Waals surface area contributed by atoms with Crippen molar-refractivity contribution in [3.05, 3.63) is 27.8 Å². The quantitative estimate of drug-likeness (QED) is 0.789. The molecule has 0 aromatic carbocycles. The molecule has 0 aliphatic carbocycles. The second-order valence-corrected chi connectivity index (χ2v) is 3.91. The van der Waals surface area contributed by atoms with Gasteiger partial charge in [-0.15, -0.1) is 0 Å². The molecule has 0 radical (unpaired) electrons. The Morgan fingerprint density at radius 3 is 2.56 bits per heavy atom. The Morgan fingerprint density at radius 2 is 2.12 bits per heavy atom. The van der Waals surface area contributed by atoms with Gasteiger partial charge in [-0.25, -0.2) is 4.79 Å². The van der Waals surface area contributed by atoms with Gasteiger partial charge < -0.3 is 19.4 Å². The largest absolute Gasteiger partial charge is 0.496 e. The zero-order chi connectivity index (χ0) is 12.5. The maximum Gasteiger partial charge on any atom is 0.342 e. The third kappa shape index (κ3) is 2.10. The first-order valence-electron chi connectivity index (χ1n) is 4.90. The fourth-order valence-corrected chi connectivity index (χ4v) is 1.20. The van der Waals surface area contributed by atoms with Gasteiger partial charge in [-0.3, -0.25) is 0 Å². The van der Waals surface area contributed by atoms with Crippen molar-refractivity contribution < 1.29 is 19.4 Å². The Labute approximate surface area is 93.3 Å². The molecule has 0 unspecified atom stereocenters. The molecule has 1 rings (SSSR count). The first-order valence-corrected chi connectivity index (χ1v) is 4.90. The molecule has 5 nitrogen and oxygen atoms in total. The highest BCUT2D eigenvalue weighted by atomic mass is 16.5. The highest BCUT2D eigenvalue weighted by molar-refractivity contribution is 5.32. The molecular formula is C11H16O5. The Morgan fingerprint density at radius 1 is 1.56 bits per heavy atom. The molecule has 1 aromatic heterocycles. The maximum atomic E-state index is 11.4. The van der Waals surface area contributed by atoms with Crippen molar-refractivity contribution in [2.45, 2.75) is 32.5 Å². The SMILES string of the molecule is COc1cc([C@](C)(O)[C@H](C)O)oc(=O)c1C. The highest BCUT2D eigenvalue weighted by Crippen LogP contribution is 2.27. The summed E-state index contributed by atoms with van der Waals surface area (Å²) in [5.74, 6) is 0.308. The van der Waals surface area contributed by atoms with E-state index in [0.29, 0.717) is 11.3 Å². The van der Waals surface area contributed by atoms with Crippen LogP contribution in [0.3, 0.4) is 0 Å². The van der Waals surface area contributed by atoms with Gasteiger partial charge in [0.2, 0.25) is 0 Å². The number of hydrogen-bond donors (Lipinski definition) is 2. The van der Waals surface area contributed by atoms with Gasteiger partial charge in [0.15, 0.2) is 0 Å². The van der Waals surface area contributed by atoms with E-state index in [4.69, 9.17) is 9.15 Å². The number of aliphatic hydroxyl groups is 2. The monoisotopic (exact) mass is 228 g/mol. The van der Waals surface area contributed by atoms with E-state index in [9.17, 15) is 15.0 Å². The van der Waals surface area contributed by atoms with E-state index < -0.39 is 17.3 Å². The predicted molar refractivity (Wildman–Crippen MR) is 57.5 cm³/mol. The molecule has 5 heteroatoms. The zero-order valence-electron chi connectivity index (χ0n) is 9.77. The van der Waals surface area contributed by atoms with Gasteiger partial charge >= 0.3 is 5.63 Å². The summed E-state index contributed by atoms with van der Waals surface area (Å²) in [5, 5.41) is 19.4. The number of ether oxygens (including phenoxy) is 1. The standard InChI is InChI=1S/C11H16O5/c1-6-8(15-4)5-9(16-10(6)13)11(3,14)7(2)12/h5,7,12,14H,1-4H3/t7-,11+/m0/s1. The summed E-state index contributed by atoms with van der Waals surface area (Å²) in [5.41, 5.74) is -1.89. The summed E-state index contributed by atoms with van der Waals surface area (Å²) in [6.45, 7) is 4.34. The van der Waals surface area contributed by atoms with E-state index >= 15 is 0 Å². The first kappa shape index (κ1) is 12.7. The van der Waals surface area contributed by atoms with Crippen LogP contribution < -0.4 is 10.4 Å². The minimum absolute atomic E-state index is 0.0186. The molecular weight excluding hydrogens is 212 g/mol. The van der Waals surface area contributed by atoms with Crippen LogP contribution in [0, 0.1) is 6.92 Å². The van der Waals surface area contributed by atoms with E-state index in [1.807, 2.05) is 0 Å². The molecule has 1 heterocycles. The topological polar surface area (TPSA) is 79.9 Å². The molecule has 0 saturated heterocycles. The van der Waals surface area contributed by atoms with Crippen molar-refractivity contribution in [1.82, 2.24) is 0 Å². The molecule has 2 atom stereocenters. The molecule has 0 spiro atoms. The summed E-state index contributed by atoms with van der Waals surface area (Å²) in [6.07, 6.45) is -1.07. The van der Waals surface area contributed by atoms with Crippen LogP contribution >= 0.6 is 0 Å². The van der Waals surface area contributed by atoms with Crippen molar-refractivity contribution in [2.24, 2.45) is 0 Å². The second kappa shape index (κ2) is 4.27. The maximum absolute atomic E-state index is 11.4. The predicted octanol–water partition coefficient (Wildman–Crippen LogP) is 0.545. The summed E-state index contributed by atoms with van der Waals surface area (Å²) in [4.78, 5) is 11.4. The van der Waals surface area contributed by atoms with Crippen LogP contribution in [-0.2, 0) is 5.60 Å². The minimum Gasteiger partial charge on any atom is -0.496 e. The molecule has 0 aliphatic heterocycles. The van der Waals surface area contributed by atoms with Crippen molar-refractivity contribution in [1.29, 1.82) is 0 Å². The summed E-state index contributed by atoms with van der Waals surface area (Å²) in [7, 11) is 1.42. The lowest BCUT2D eigenvalue weighted by Gasteiger charge is -2.25. The van der Waals surface area contributed by atoms with E-state index in [0.717, 1.165) is 0 Å². The van der Waals surface area contributed by atoms with Crippen LogP contribution in [0.1, 0.15) is 25.2 Å². The second-order valence-electron chi connectivity index (χ2n) is 3.91. The van der Waals surface area contributed by atoms with Crippen LogP contribution in [0.4, 0.5) is 0 Å². The zero-order valence-corrected chi connectivity index (χ0v) is 9.77. The van der Waals surface area contributed by atoms with Crippen LogP contribution in [0.5, 0.6) is 5.75 Å². The van der Waals surface area contributed by atoms with Gasteiger partial charge in [0.25, 0.3) is 0 Å². The van der Waals surface area contributed by atoms with Gasteiger partial charge in [-0.05, 0) is 20.8 Å².